The predicted octanol–water partition coefficient (Wildman–Crippen LogP) is 1.11. The fourth-order valence-electron chi connectivity index (χ4n) is 2.17. The maximum absolute atomic E-state index is 3.77. The van der Waals surface area contributed by atoms with Gasteiger partial charge in [0.1, 0.15) is 0 Å². The molecule has 0 atom stereocenters. The summed E-state index contributed by atoms with van der Waals surface area (Å²) in [6.45, 7) is 11.3. The van der Waals surface area contributed by atoms with Crippen LogP contribution in [0.15, 0.2) is 0 Å². The highest BCUT2D eigenvalue weighted by Gasteiger charge is 2.22. The molecule has 1 fully saturated rings. The Hall–Kier alpha value is -0.120. The summed E-state index contributed by atoms with van der Waals surface area (Å²) in [6.07, 6.45) is 3.74. The van der Waals surface area contributed by atoms with E-state index in [-0.39, 0.29) is 5.54 Å². The van der Waals surface area contributed by atoms with E-state index in [9.17, 15) is 0 Å². The summed E-state index contributed by atoms with van der Waals surface area (Å²) in [5.74, 6) is 0. The maximum atomic E-state index is 3.77. The lowest BCUT2D eigenvalue weighted by atomic mass is 9.96. The number of rotatable bonds is 6. The van der Waals surface area contributed by atoms with E-state index < -0.39 is 0 Å². The molecule has 1 aliphatic heterocycles. The minimum absolute atomic E-state index is 0.268. The van der Waals surface area contributed by atoms with Crippen LogP contribution in [0.25, 0.3) is 0 Å². The van der Waals surface area contributed by atoms with Crippen LogP contribution in [0.5, 0.6) is 0 Å². The Morgan fingerprint density at radius 2 is 1.93 bits per heavy atom. The molecule has 1 heterocycles. The first-order valence-electron chi connectivity index (χ1n) is 6.33. The highest BCUT2D eigenvalue weighted by atomic mass is 15.0. The second kappa shape index (κ2) is 6.46. The summed E-state index contributed by atoms with van der Waals surface area (Å²) in [7, 11) is 0. The van der Waals surface area contributed by atoms with E-state index in [0.717, 1.165) is 13.1 Å². The van der Waals surface area contributed by atoms with Crippen LogP contribution in [0, 0.1) is 0 Å². The van der Waals surface area contributed by atoms with Crippen LogP contribution >= 0.6 is 0 Å². The lowest BCUT2D eigenvalue weighted by Crippen LogP contribution is -2.50. The highest BCUT2D eigenvalue weighted by molar-refractivity contribution is 4.85. The van der Waals surface area contributed by atoms with Gasteiger partial charge in [-0.3, -0.25) is 0 Å². The van der Waals surface area contributed by atoms with Gasteiger partial charge < -0.3 is 16.0 Å². The number of piperidine rings is 1. The van der Waals surface area contributed by atoms with E-state index >= 15 is 0 Å². The lowest BCUT2D eigenvalue weighted by Gasteiger charge is -2.34. The molecular weight excluding hydrogens is 186 g/mol. The first-order chi connectivity index (χ1) is 7.14. The third-order valence-electron chi connectivity index (χ3n) is 3.11. The van der Waals surface area contributed by atoms with Crippen LogP contribution in [0.3, 0.4) is 0 Å². The molecule has 0 amide bonds. The Balaban J connectivity index is 2.20. The van der Waals surface area contributed by atoms with Crippen LogP contribution in [-0.2, 0) is 0 Å². The van der Waals surface area contributed by atoms with Crippen molar-refractivity contribution in [1.29, 1.82) is 0 Å². The molecule has 3 nitrogen and oxygen atoms in total. The quantitative estimate of drug-likeness (QED) is 0.578. The molecule has 0 aromatic heterocycles. The zero-order chi connectivity index (χ0) is 11.1. The average Bonchev–Trinajstić information content (AvgIpc) is 2.18. The smallest absolute Gasteiger partial charge is 0.0139 e. The molecule has 1 saturated heterocycles. The van der Waals surface area contributed by atoms with Gasteiger partial charge in [-0.2, -0.15) is 0 Å². The van der Waals surface area contributed by atoms with E-state index in [1.165, 1.54) is 32.4 Å². The number of hydrogen-bond acceptors (Lipinski definition) is 3. The molecule has 0 bridgehead atoms. The van der Waals surface area contributed by atoms with Crippen molar-refractivity contribution in [3.63, 3.8) is 0 Å². The third kappa shape index (κ3) is 5.50. The molecule has 0 aromatic carbocycles. The summed E-state index contributed by atoms with van der Waals surface area (Å²) in [5, 5.41) is 10.6. The van der Waals surface area contributed by atoms with E-state index in [0.29, 0.717) is 6.04 Å². The van der Waals surface area contributed by atoms with Crippen molar-refractivity contribution in [3.8, 4) is 0 Å². The molecule has 0 spiro atoms. The van der Waals surface area contributed by atoms with Crippen molar-refractivity contribution < 1.29 is 0 Å². The van der Waals surface area contributed by atoms with Gasteiger partial charge in [-0.25, -0.2) is 0 Å². The standard InChI is InChI=1S/C12H27N3/c1-4-13-10-7-12(2,3)15-11-5-8-14-9-6-11/h11,13-15H,4-10H2,1-3H3. The molecule has 1 rings (SSSR count). The largest absolute Gasteiger partial charge is 0.317 e. The monoisotopic (exact) mass is 213 g/mol. The molecule has 0 saturated carbocycles. The Kier molecular flexibility index (Phi) is 5.58. The molecule has 0 unspecified atom stereocenters. The van der Waals surface area contributed by atoms with Gasteiger partial charge in [0, 0.05) is 11.6 Å². The van der Waals surface area contributed by atoms with E-state index in [4.69, 9.17) is 0 Å². The van der Waals surface area contributed by atoms with Crippen LogP contribution in [-0.4, -0.2) is 37.8 Å². The van der Waals surface area contributed by atoms with Gasteiger partial charge in [-0.05, 0) is 59.3 Å². The van der Waals surface area contributed by atoms with Crippen LogP contribution < -0.4 is 16.0 Å². The second-order valence-corrected chi connectivity index (χ2v) is 5.16. The van der Waals surface area contributed by atoms with Crippen molar-refractivity contribution in [2.24, 2.45) is 0 Å². The number of hydrogen-bond donors (Lipinski definition) is 3. The fraction of sp³-hybridized carbons (Fsp3) is 1.00. The molecule has 0 aliphatic carbocycles. The summed E-state index contributed by atoms with van der Waals surface area (Å²) in [5.41, 5.74) is 0.268. The summed E-state index contributed by atoms with van der Waals surface area (Å²) in [4.78, 5) is 0. The minimum Gasteiger partial charge on any atom is -0.317 e. The SMILES string of the molecule is CCNCCC(C)(C)NC1CCNCC1. The van der Waals surface area contributed by atoms with Crippen molar-refractivity contribution in [3.05, 3.63) is 0 Å². The van der Waals surface area contributed by atoms with Crippen molar-refractivity contribution in [1.82, 2.24) is 16.0 Å². The van der Waals surface area contributed by atoms with Gasteiger partial charge in [-0.15, -0.1) is 0 Å². The molecule has 90 valence electrons. The van der Waals surface area contributed by atoms with E-state index in [1.54, 1.807) is 0 Å². The fourth-order valence-corrected chi connectivity index (χ4v) is 2.17. The average molecular weight is 213 g/mol. The van der Waals surface area contributed by atoms with Gasteiger partial charge in [0.15, 0.2) is 0 Å². The highest BCUT2D eigenvalue weighted by Crippen LogP contribution is 2.12. The normalized spacial score (nSPS) is 19.4. The zero-order valence-corrected chi connectivity index (χ0v) is 10.5. The van der Waals surface area contributed by atoms with Gasteiger partial charge in [0.25, 0.3) is 0 Å². The Morgan fingerprint density at radius 1 is 1.27 bits per heavy atom. The van der Waals surface area contributed by atoms with Gasteiger partial charge in [0.05, 0.1) is 0 Å². The first-order valence-corrected chi connectivity index (χ1v) is 6.33. The lowest BCUT2D eigenvalue weighted by molar-refractivity contribution is 0.272. The van der Waals surface area contributed by atoms with E-state index in [1.807, 2.05) is 0 Å². The Morgan fingerprint density at radius 3 is 2.53 bits per heavy atom. The van der Waals surface area contributed by atoms with Crippen molar-refractivity contribution >= 4 is 0 Å². The van der Waals surface area contributed by atoms with Gasteiger partial charge in [-0.1, -0.05) is 6.92 Å². The molecule has 0 radical (unpaired) electrons. The third-order valence-corrected chi connectivity index (χ3v) is 3.11. The van der Waals surface area contributed by atoms with Gasteiger partial charge >= 0.3 is 0 Å². The van der Waals surface area contributed by atoms with Crippen LogP contribution in [0.2, 0.25) is 0 Å². The van der Waals surface area contributed by atoms with Crippen molar-refractivity contribution in [2.75, 3.05) is 26.2 Å². The van der Waals surface area contributed by atoms with Crippen LogP contribution in [0.4, 0.5) is 0 Å². The maximum Gasteiger partial charge on any atom is 0.0139 e. The molecule has 15 heavy (non-hydrogen) atoms. The molecule has 1 aliphatic rings. The Labute approximate surface area is 94.4 Å². The molecular formula is C12H27N3. The summed E-state index contributed by atoms with van der Waals surface area (Å²) in [6, 6.07) is 0.711. The Bertz CT molecular complexity index is 162. The zero-order valence-electron chi connectivity index (χ0n) is 10.5. The molecule has 3 heteroatoms. The molecule has 0 aromatic rings. The summed E-state index contributed by atoms with van der Waals surface area (Å²) < 4.78 is 0. The number of nitrogens with one attached hydrogen (secondary N) is 3. The van der Waals surface area contributed by atoms with Crippen molar-refractivity contribution in [2.45, 2.75) is 51.6 Å². The second-order valence-electron chi connectivity index (χ2n) is 5.16. The first kappa shape index (κ1) is 12.9. The molecule has 3 N–H and O–H groups in total. The van der Waals surface area contributed by atoms with Gasteiger partial charge in [0.2, 0.25) is 0 Å². The minimum atomic E-state index is 0.268. The topological polar surface area (TPSA) is 36.1 Å². The van der Waals surface area contributed by atoms with Crippen LogP contribution in [0.1, 0.15) is 40.0 Å². The van der Waals surface area contributed by atoms with E-state index in [2.05, 4.69) is 36.7 Å². The summed E-state index contributed by atoms with van der Waals surface area (Å²) >= 11 is 0. The predicted molar refractivity (Wildman–Crippen MR) is 66.3 cm³/mol.